The summed E-state index contributed by atoms with van der Waals surface area (Å²) in [6.07, 6.45) is -0.249. The molecule has 0 radical (unpaired) electrons. The predicted molar refractivity (Wildman–Crippen MR) is 93.1 cm³/mol. The molecule has 0 aromatic heterocycles. The predicted octanol–water partition coefficient (Wildman–Crippen LogP) is 1.40. The Morgan fingerprint density at radius 3 is 2.26 bits per heavy atom. The fourth-order valence-electron chi connectivity index (χ4n) is 2.86. The van der Waals surface area contributed by atoms with Crippen molar-refractivity contribution in [1.82, 2.24) is 4.90 Å². The minimum atomic E-state index is -0.995. The van der Waals surface area contributed by atoms with Gasteiger partial charge in [-0.1, -0.05) is 0 Å². The highest BCUT2D eigenvalue weighted by atomic mass is 16.6. The molecule has 2 atom stereocenters. The number of methoxy groups -OCH3 is 2. The molecule has 0 bridgehead atoms. The standard InChI is InChI=1S/C17H22N2O8/c1-10-7-18(8-11(2)27-10)16(20)9-26-17(21)12-5-14(24-3)15(25-4)6-13(12)19(22)23/h5-6,10-11H,7-9H2,1-4H3/t10-,11-/m1/s1. The lowest BCUT2D eigenvalue weighted by Gasteiger charge is -2.35. The van der Waals surface area contributed by atoms with Crippen molar-refractivity contribution in [3.8, 4) is 11.5 Å². The van der Waals surface area contributed by atoms with Crippen LogP contribution in [0.25, 0.3) is 0 Å². The number of nitro groups is 1. The van der Waals surface area contributed by atoms with E-state index in [1.807, 2.05) is 13.8 Å². The molecule has 1 fully saturated rings. The average molecular weight is 382 g/mol. The van der Waals surface area contributed by atoms with Crippen molar-refractivity contribution >= 4 is 17.6 Å². The molecule has 27 heavy (non-hydrogen) atoms. The summed E-state index contributed by atoms with van der Waals surface area (Å²) < 4.78 is 20.6. The van der Waals surface area contributed by atoms with Crippen LogP contribution in [0.1, 0.15) is 24.2 Å². The smallest absolute Gasteiger partial charge is 0.345 e. The van der Waals surface area contributed by atoms with Gasteiger partial charge in [0.1, 0.15) is 5.56 Å². The van der Waals surface area contributed by atoms with Crippen LogP contribution in [0.2, 0.25) is 0 Å². The Hall–Kier alpha value is -2.88. The van der Waals surface area contributed by atoms with Crippen LogP contribution in [0.3, 0.4) is 0 Å². The van der Waals surface area contributed by atoms with Crippen molar-refractivity contribution < 1.29 is 33.5 Å². The van der Waals surface area contributed by atoms with Gasteiger partial charge in [-0.3, -0.25) is 14.9 Å². The van der Waals surface area contributed by atoms with E-state index in [4.69, 9.17) is 18.9 Å². The lowest BCUT2D eigenvalue weighted by molar-refractivity contribution is -0.385. The zero-order valence-electron chi connectivity index (χ0n) is 15.6. The molecular weight excluding hydrogens is 360 g/mol. The summed E-state index contributed by atoms with van der Waals surface area (Å²) in [6, 6.07) is 2.23. The second-order valence-corrected chi connectivity index (χ2v) is 6.11. The topological polar surface area (TPSA) is 117 Å². The average Bonchev–Trinajstić information content (AvgIpc) is 2.63. The number of hydrogen-bond acceptors (Lipinski definition) is 8. The van der Waals surface area contributed by atoms with E-state index in [-0.39, 0.29) is 29.3 Å². The van der Waals surface area contributed by atoms with Gasteiger partial charge in [0.25, 0.3) is 11.6 Å². The number of nitrogens with zero attached hydrogens (tertiary/aromatic N) is 2. The molecule has 1 aliphatic rings. The van der Waals surface area contributed by atoms with Crippen molar-refractivity contribution in [2.24, 2.45) is 0 Å². The lowest BCUT2D eigenvalue weighted by atomic mass is 10.1. The molecule has 1 aliphatic heterocycles. The first-order valence-corrected chi connectivity index (χ1v) is 8.27. The first-order chi connectivity index (χ1) is 12.8. The first kappa shape index (κ1) is 20.4. The van der Waals surface area contributed by atoms with Gasteiger partial charge in [0.15, 0.2) is 18.1 Å². The van der Waals surface area contributed by atoms with E-state index in [9.17, 15) is 19.7 Å². The maximum atomic E-state index is 12.3. The summed E-state index contributed by atoms with van der Waals surface area (Å²) in [5.41, 5.74) is -0.826. The molecule has 1 heterocycles. The molecule has 0 spiro atoms. The Morgan fingerprint density at radius 2 is 1.74 bits per heavy atom. The quantitative estimate of drug-likeness (QED) is 0.412. The fraction of sp³-hybridized carbons (Fsp3) is 0.529. The Labute approximate surface area is 156 Å². The van der Waals surface area contributed by atoms with Crippen LogP contribution < -0.4 is 9.47 Å². The molecule has 1 aromatic rings. The highest BCUT2D eigenvalue weighted by Gasteiger charge is 2.29. The van der Waals surface area contributed by atoms with Gasteiger partial charge in [0.2, 0.25) is 0 Å². The molecule has 0 unspecified atom stereocenters. The van der Waals surface area contributed by atoms with Gasteiger partial charge in [0.05, 0.1) is 37.4 Å². The van der Waals surface area contributed by atoms with Gasteiger partial charge >= 0.3 is 5.97 Å². The summed E-state index contributed by atoms with van der Waals surface area (Å²) in [7, 11) is 2.66. The number of esters is 1. The van der Waals surface area contributed by atoms with Crippen molar-refractivity contribution in [1.29, 1.82) is 0 Å². The number of benzene rings is 1. The third kappa shape index (κ3) is 4.85. The van der Waals surface area contributed by atoms with Crippen LogP contribution in [-0.2, 0) is 14.3 Å². The van der Waals surface area contributed by atoms with E-state index in [1.54, 1.807) is 0 Å². The van der Waals surface area contributed by atoms with Crippen molar-refractivity contribution in [2.75, 3.05) is 33.9 Å². The molecular formula is C17H22N2O8. The minimum absolute atomic E-state index is 0.105. The van der Waals surface area contributed by atoms with E-state index in [1.165, 1.54) is 19.1 Å². The highest BCUT2D eigenvalue weighted by molar-refractivity contribution is 5.96. The molecule has 0 N–H and O–H groups in total. The molecule has 1 aromatic carbocycles. The van der Waals surface area contributed by atoms with Crippen LogP contribution in [0, 0.1) is 10.1 Å². The second-order valence-electron chi connectivity index (χ2n) is 6.11. The van der Waals surface area contributed by atoms with E-state index >= 15 is 0 Å². The van der Waals surface area contributed by atoms with Crippen LogP contribution in [0.4, 0.5) is 5.69 Å². The van der Waals surface area contributed by atoms with Crippen molar-refractivity contribution in [3.63, 3.8) is 0 Å². The fourth-order valence-corrected chi connectivity index (χ4v) is 2.86. The Bertz CT molecular complexity index is 726. The van der Waals surface area contributed by atoms with Gasteiger partial charge in [0, 0.05) is 19.2 Å². The van der Waals surface area contributed by atoms with Crippen molar-refractivity contribution in [2.45, 2.75) is 26.1 Å². The third-order valence-electron chi connectivity index (χ3n) is 4.02. The number of hydrogen-bond donors (Lipinski definition) is 0. The van der Waals surface area contributed by atoms with Gasteiger partial charge in [-0.2, -0.15) is 0 Å². The first-order valence-electron chi connectivity index (χ1n) is 8.27. The van der Waals surface area contributed by atoms with Crippen LogP contribution in [-0.4, -0.2) is 67.8 Å². The summed E-state index contributed by atoms with van der Waals surface area (Å²) in [4.78, 5) is 36.7. The monoisotopic (exact) mass is 382 g/mol. The van der Waals surface area contributed by atoms with Gasteiger partial charge in [-0.25, -0.2) is 4.79 Å². The molecule has 0 aliphatic carbocycles. The number of ether oxygens (including phenoxy) is 4. The van der Waals surface area contributed by atoms with E-state index in [2.05, 4.69) is 0 Å². The van der Waals surface area contributed by atoms with E-state index < -0.39 is 29.1 Å². The highest BCUT2D eigenvalue weighted by Crippen LogP contribution is 2.34. The Balaban J connectivity index is 2.13. The summed E-state index contributed by atoms with van der Waals surface area (Å²) in [5.74, 6) is -1.15. The van der Waals surface area contributed by atoms with Gasteiger partial charge in [-0.05, 0) is 13.8 Å². The van der Waals surface area contributed by atoms with Gasteiger partial charge in [-0.15, -0.1) is 0 Å². The summed E-state index contributed by atoms with van der Waals surface area (Å²) >= 11 is 0. The Morgan fingerprint density at radius 1 is 1.19 bits per heavy atom. The summed E-state index contributed by atoms with van der Waals surface area (Å²) in [6.45, 7) is 3.93. The van der Waals surface area contributed by atoms with Crippen LogP contribution >= 0.6 is 0 Å². The number of nitro benzene ring substituents is 1. The number of amides is 1. The molecule has 0 saturated carbocycles. The molecule has 2 rings (SSSR count). The zero-order valence-corrected chi connectivity index (χ0v) is 15.6. The SMILES string of the molecule is COc1cc(C(=O)OCC(=O)N2C[C@@H](C)O[C@H](C)C2)c([N+](=O)[O-])cc1OC. The number of morpholine rings is 1. The van der Waals surface area contributed by atoms with E-state index in [0.717, 1.165) is 12.1 Å². The number of carbonyl (C=O) groups is 2. The third-order valence-corrected chi connectivity index (χ3v) is 4.02. The molecule has 1 amide bonds. The minimum Gasteiger partial charge on any atom is -0.493 e. The summed E-state index contributed by atoms with van der Waals surface area (Å²) in [5, 5.41) is 11.3. The number of rotatable bonds is 6. The normalized spacial score (nSPS) is 19.3. The number of carbonyl (C=O) groups excluding carboxylic acids is 2. The Kier molecular flexibility index (Phi) is 6.56. The maximum Gasteiger partial charge on any atom is 0.345 e. The van der Waals surface area contributed by atoms with Crippen molar-refractivity contribution in [3.05, 3.63) is 27.8 Å². The van der Waals surface area contributed by atoms with Crippen LogP contribution in [0.15, 0.2) is 12.1 Å². The second kappa shape index (κ2) is 8.67. The zero-order chi connectivity index (χ0) is 20.1. The largest absolute Gasteiger partial charge is 0.493 e. The molecule has 10 nitrogen and oxygen atoms in total. The molecule has 10 heteroatoms. The lowest BCUT2D eigenvalue weighted by Crippen LogP contribution is -2.49. The maximum absolute atomic E-state index is 12.3. The van der Waals surface area contributed by atoms with Gasteiger partial charge < -0.3 is 23.8 Å². The van der Waals surface area contributed by atoms with Crippen LogP contribution in [0.5, 0.6) is 11.5 Å². The molecule has 1 saturated heterocycles. The van der Waals surface area contributed by atoms with E-state index in [0.29, 0.717) is 13.1 Å². The molecule has 148 valence electrons.